The molecule has 0 aliphatic carbocycles. The lowest BCUT2D eigenvalue weighted by Crippen LogP contribution is -2.18. The van der Waals surface area contributed by atoms with Crippen LogP contribution in [0, 0.1) is 13.8 Å². The van der Waals surface area contributed by atoms with E-state index in [1.54, 1.807) is 32.2 Å². The molecule has 132 valence electrons. The van der Waals surface area contributed by atoms with Crippen LogP contribution in [0.25, 0.3) is 0 Å². The summed E-state index contributed by atoms with van der Waals surface area (Å²) in [7, 11) is 0. The van der Waals surface area contributed by atoms with Crippen LogP contribution in [-0.4, -0.2) is 34.9 Å². The SMILES string of the molecule is Cc1cc(C)nc(N/N=C/c2ccc(OCC(=O)OC(C)C)cc2)n1. The number of anilines is 1. The van der Waals surface area contributed by atoms with Gasteiger partial charge in [0, 0.05) is 11.4 Å². The molecule has 0 unspecified atom stereocenters. The van der Waals surface area contributed by atoms with Crippen molar-refractivity contribution in [1.29, 1.82) is 0 Å². The zero-order valence-electron chi connectivity index (χ0n) is 14.8. The first-order valence-electron chi connectivity index (χ1n) is 7.96. The van der Waals surface area contributed by atoms with Crippen molar-refractivity contribution in [2.24, 2.45) is 5.10 Å². The molecule has 0 aliphatic rings. The minimum absolute atomic E-state index is 0.114. The summed E-state index contributed by atoms with van der Waals surface area (Å²) in [5.41, 5.74) is 5.43. The van der Waals surface area contributed by atoms with E-state index >= 15 is 0 Å². The third-order valence-corrected chi connectivity index (χ3v) is 2.96. The van der Waals surface area contributed by atoms with E-state index in [0.29, 0.717) is 11.7 Å². The third kappa shape index (κ3) is 6.58. The molecule has 0 spiro atoms. The van der Waals surface area contributed by atoms with Crippen LogP contribution in [0.2, 0.25) is 0 Å². The second-order valence-corrected chi connectivity index (χ2v) is 5.74. The van der Waals surface area contributed by atoms with E-state index in [4.69, 9.17) is 9.47 Å². The zero-order chi connectivity index (χ0) is 18.2. The minimum Gasteiger partial charge on any atom is -0.482 e. The van der Waals surface area contributed by atoms with Crippen LogP contribution in [0.15, 0.2) is 35.4 Å². The summed E-state index contributed by atoms with van der Waals surface area (Å²) in [6.45, 7) is 7.28. The van der Waals surface area contributed by atoms with Gasteiger partial charge < -0.3 is 9.47 Å². The molecule has 0 saturated heterocycles. The summed E-state index contributed by atoms with van der Waals surface area (Å²) in [5, 5.41) is 4.12. The maximum atomic E-state index is 11.4. The van der Waals surface area contributed by atoms with Gasteiger partial charge in [0.25, 0.3) is 0 Å². The Balaban J connectivity index is 1.86. The Labute approximate surface area is 147 Å². The number of nitrogens with zero attached hydrogens (tertiary/aromatic N) is 3. The average molecular weight is 342 g/mol. The number of esters is 1. The first-order chi connectivity index (χ1) is 11.9. The van der Waals surface area contributed by atoms with Crippen LogP contribution in [0.4, 0.5) is 5.95 Å². The molecule has 1 heterocycles. The predicted molar refractivity (Wildman–Crippen MR) is 95.9 cm³/mol. The molecule has 2 rings (SSSR count). The van der Waals surface area contributed by atoms with E-state index in [-0.39, 0.29) is 12.7 Å². The molecule has 0 radical (unpaired) electrons. The number of hydrogen-bond donors (Lipinski definition) is 1. The number of carbonyl (C=O) groups is 1. The summed E-state index contributed by atoms with van der Waals surface area (Å²) in [6, 6.07) is 9.08. The number of hydrazone groups is 1. The Morgan fingerprint density at radius 3 is 2.44 bits per heavy atom. The van der Waals surface area contributed by atoms with E-state index < -0.39 is 5.97 Å². The number of aromatic nitrogens is 2. The lowest BCUT2D eigenvalue weighted by atomic mass is 10.2. The lowest BCUT2D eigenvalue weighted by Gasteiger charge is -2.09. The summed E-state index contributed by atoms with van der Waals surface area (Å²) in [5.74, 6) is 0.652. The molecule has 1 aromatic carbocycles. The van der Waals surface area contributed by atoms with Crippen molar-refractivity contribution in [3.8, 4) is 5.75 Å². The molecule has 25 heavy (non-hydrogen) atoms. The number of nitrogens with one attached hydrogen (secondary N) is 1. The topological polar surface area (TPSA) is 85.7 Å². The normalized spacial score (nSPS) is 10.9. The van der Waals surface area contributed by atoms with Crippen molar-refractivity contribution >= 4 is 18.1 Å². The van der Waals surface area contributed by atoms with Crippen LogP contribution >= 0.6 is 0 Å². The number of hydrogen-bond acceptors (Lipinski definition) is 7. The molecule has 2 aromatic rings. The van der Waals surface area contributed by atoms with Crippen molar-refractivity contribution in [3.63, 3.8) is 0 Å². The average Bonchev–Trinajstić information content (AvgIpc) is 2.52. The van der Waals surface area contributed by atoms with E-state index in [9.17, 15) is 4.79 Å². The standard InChI is InChI=1S/C18H22N4O3/c1-12(2)25-17(23)11-24-16-7-5-15(6-8-16)10-19-22-18-20-13(3)9-14(4)21-18/h5-10,12H,11H2,1-4H3,(H,20,21,22)/b19-10+. The molecule has 0 atom stereocenters. The van der Waals surface area contributed by atoms with Gasteiger partial charge in [-0.1, -0.05) is 0 Å². The molecule has 0 saturated carbocycles. The van der Waals surface area contributed by atoms with E-state index in [2.05, 4.69) is 20.5 Å². The highest BCUT2D eigenvalue weighted by atomic mass is 16.6. The van der Waals surface area contributed by atoms with Gasteiger partial charge in [-0.3, -0.25) is 0 Å². The summed E-state index contributed by atoms with van der Waals surface area (Å²) in [4.78, 5) is 19.9. The molecule has 0 aliphatic heterocycles. The first-order valence-corrected chi connectivity index (χ1v) is 7.96. The fourth-order valence-corrected chi connectivity index (χ4v) is 2.03. The van der Waals surface area contributed by atoms with Crippen LogP contribution in [-0.2, 0) is 9.53 Å². The maximum Gasteiger partial charge on any atom is 0.344 e. The quantitative estimate of drug-likeness (QED) is 0.473. The number of benzene rings is 1. The largest absolute Gasteiger partial charge is 0.482 e. The first kappa shape index (κ1) is 18.4. The Hall–Kier alpha value is -2.96. The van der Waals surface area contributed by atoms with Gasteiger partial charge in [-0.05, 0) is 63.6 Å². The zero-order valence-corrected chi connectivity index (χ0v) is 14.8. The van der Waals surface area contributed by atoms with Crippen LogP contribution in [0.1, 0.15) is 30.8 Å². The van der Waals surface area contributed by atoms with Gasteiger partial charge in [-0.2, -0.15) is 5.10 Å². The van der Waals surface area contributed by atoms with Crippen molar-refractivity contribution in [2.45, 2.75) is 33.8 Å². The lowest BCUT2D eigenvalue weighted by molar-refractivity contribution is -0.149. The van der Waals surface area contributed by atoms with Gasteiger partial charge in [0.15, 0.2) is 6.61 Å². The van der Waals surface area contributed by atoms with Gasteiger partial charge in [0.05, 0.1) is 12.3 Å². The van der Waals surface area contributed by atoms with E-state index in [1.165, 1.54) is 0 Å². The van der Waals surface area contributed by atoms with Gasteiger partial charge in [-0.15, -0.1) is 0 Å². The summed E-state index contributed by atoms with van der Waals surface area (Å²) >= 11 is 0. The fourth-order valence-electron chi connectivity index (χ4n) is 2.03. The number of ether oxygens (including phenoxy) is 2. The van der Waals surface area contributed by atoms with Crippen LogP contribution in [0.3, 0.4) is 0 Å². The molecule has 0 bridgehead atoms. The van der Waals surface area contributed by atoms with Gasteiger partial charge in [0.2, 0.25) is 5.95 Å². The maximum absolute atomic E-state index is 11.4. The summed E-state index contributed by atoms with van der Waals surface area (Å²) < 4.78 is 10.4. The van der Waals surface area contributed by atoms with Gasteiger partial charge >= 0.3 is 5.97 Å². The van der Waals surface area contributed by atoms with Crippen molar-refractivity contribution in [2.75, 3.05) is 12.0 Å². The van der Waals surface area contributed by atoms with Gasteiger partial charge in [0.1, 0.15) is 5.75 Å². The van der Waals surface area contributed by atoms with Crippen LogP contribution in [0.5, 0.6) is 5.75 Å². The highest BCUT2D eigenvalue weighted by Gasteiger charge is 2.06. The Morgan fingerprint density at radius 1 is 1.20 bits per heavy atom. The molecule has 0 fully saturated rings. The van der Waals surface area contributed by atoms with E-state index in [0.717, 1.165) is 17.0 Å². The van der Waals surface area contributed by atoms with Crippen molar-refractivity contribution in [1.82, 2.24) is 9.97 Å². The Bertz CT molecular complexity index is 722. The highest BCUT2D eigenvalue weighted by Crippen LogP contribution is 2.11. The smallest absolute Gasteiger partial charge is 0.344 e. The Kier molecular flexibility index (Phi) is 6.45. The molecule has 0 amide bonds. The monoisotopic (exact) mass is 342 g/mol. The summed E-state index contributed by atoms with van der Waals surface area (Å²) in [6.07, 6.45) is 1.50. The number of rotatable bonds is 7. The Morgan fingerprint density at radius 2 is 1.84 bits per heavy atom. The van der Waals surface area contributed by atoms with Gasteiger partial charge in [-0.25, -0.2) is 20.2 Å². The molecule has 1 aromatic heterocycles. The fraction of sp³-hybridized carbons (Fsp3) is 0.333. The second kappa shape index (κ2) is 8.77. The molecule has 7 heteroatoms. The highest BCUT2D eigenvalue weighted by molar-refractivity contribution is 5.80. The molecule has 1 N–H and O–H groups in total. The molecular weight excluding hydrogens is 320 g/mol. The molecule has 7 nitrogen and oxygen atoms in total. The van der Waals surface area contributed by atoms with E-state index in [1.807, 2.05) is 32.0 Å². The van der Waals surface area contributed by atoms with Crippen molar-refractivity contribution in [3.05, 3.63) is 47.3 Å². The number of carbonyl (C=O) groups excluding carboxylic acids is 1. The number of aryl methyl sites for hydroxylation is 2. The van der Waals surface area contributed by atoms with Crippen LogP contribution < -0.4 is 10.2 Å². The minimum atomic E-state index is -0.390. The van der Waals surface area contributed by atoms with Crippen molar-refractivity contribution < 1.29 is 14.3 Å². The second-order valence-electron chi connectivity index (χ2n) is 5.74. The predicted octanol–water partition coefficient (Wildman–Crippen LogP) is 2.87. The third-order valence-electron chi connectivity index (χ3n) is 2.96. The molecular formula is C18H22N4O3.